The number of anilines is 1. The van der Waals surface area contributed by atoms with E-state index in [-0.39, 0.29) is 5.91 Å². The van der Waals surface area contributed by atoms with Crippen LogP contribution in [0.4, 0.5) is 5.95 Å². The predicted octanol–water partition coefficient (Wildman–Crippen LogP) is 3.33. The van der Waals surface area contributed by atoms with Crippen molar-refractivity contribution in [3.63, 3.8) is 0 Å². The van der Waals surface area contributed by atoms with Crippen molar-refractivity contribution in [1.82, 2.24) is 14.9 Å². The lowest BCUT2D eigenvalue weighted by atomic mass is 10.00. The van der Waals surface area contributed by atoms with Gasteiger partial charge in [-0.3, -0.25) is 4.79 Å². The van der Waals surface area contributed by atoms with Crippen molar-refractivity contribution in [2.45, 2.75) is 19.4 Å². The van der Waals surface area contributed by atoms with Crippen molar-refractivity contribution in [3.05, 3.63) is 89.2 Å². The van der Waals surface area contributed by atoms with Crippen LogP contribution in [0, 0.1) is 0 Å². The van der Waals surface area contributed by atoms with Crippen molar-refractivity contribution in [3.8, 4) is 0 Å². The topological polar surface area (TPSA) is 58.1 Å². The highest BCUT2D eigenvalue weighted by Crippen LogP contribution is 2.20. The summed E-state index contributed by atoms with van der Waals surface area (Å²) in [7, 11) is 0. The number of nitrogens with zero attached hydrogens (tertiary/aromatic N) is 3. The van der Waals surface area contributed by atoms with Gasteiger partial charge in [0, 0.05) is 25.8 Å². The molecular weight excluding hydrogens is 336 g/mol. The van der Waals surface area contributed by atoms with Gasteiger partial charge in [-0.2, -0.15) is 0 Å². The SMILES string of the molecule is O=C(c1ccnc(NCCc2ccccc2)n1)N1CCc2ccccc2C1. The van der Waals surface area contributed by atoms with Crippen LogP contribution in [0.2, 0.25) is 0 Å². The van der Waals surface area contributed by atoms with E-state index in [9.17, 15) is 4.79 Å². The molecule has 1 aromatic heterocycles. The van der Waals surface area contributed by atoms with Crippen molar-refractivity contribution < 1.29 is 4.79 Å². The first-order valence-corrected chi connectivity index (χ1v) is 9.26. The molecule has 0 unspecified atom stereocenters. The minimum atomic E-state index is -0.0435. The number of carbonyl (C=O) groups is 1. The number of fused-ring (bicyclic) bond motifs is 1. The minimum Gasteiger partial charge on any atom is -0.354 e. The Labute approximate surface area is 159 Å². The van der Waals surface area contributed by atoms with Crippen molar-refractivity contribution >= 4 is 11.9 Å². The quantitative estimate of drug-likeness (QED) is 0.760. The monoisotopic (exact) mass is 358 g/mol. The van der Waals surface area contributed by atoms with E-state index in [1.807, 2.05) is 35.2 Å². The molecule has 27 heavy (non-hydrogen) atoms. The van der Waals surface area contributed by atoms with E-state index in [0.29, 0.717) is 18.2 Å². The minimum absolute atomic E-state index is 0.0435. The molecule has 0 atom stereocenters. The molecule has 0 saturated carbocycles. The number of aromatic nitrogens is 2. The van der Waals surface area contributed by atoms with Gasteiger partial charge in [0.2, 0.25) is 5.95 Å². The van der Waals surface area contributed by atoms with Crippen LogP contribution >= 0.6 is 0 Å². The second kappa shape index (κ2) is 7.99. The predicted molar refractivity (Wildman–Crippen MR) is 106 cm³/mol. The summed E-state index contributed by atoms with van der Waals surface area (Å²) in [5.74, 6) is 0.451. The van der Waals surface area contributed by atoms with Gasteiger partial charge in [0.05, 0.1) is 0 Å². The Balaban J connectivity index is 1.39. The number of hydrogen-bond donors (Lipinski definition) is 1. The van der Waals surface area contributed by atoms with Gasteiger partial charge in [0.1, 0.15) is 5.69 Å². The summed E-state index contributed by atoms with van der Waals surface area (Å²) in [5.41, 5.74) is 4.23. The Morgan fingerprint density at radius 1 is 1.00 bits per heavy atom. The van der Waals surface area contributed by atoms with Crippen molar-refractivity contribution in [2.75, 3.05) is 18.4 Å². The molecule has 0 aliphatic carbocycles. The number of amides is 1. The summed E-state index contributed by atoms with van der Waals surface area (Å²) in [4.78, 5) is 23.4. The van der Waals surface area contributed by atoms with E-state index >= 15 is 0 Å². The van der Waals surface area contributed by atoms with Gasteiger partial charge in [-0.15, -0.1) is 0 Å². The Morgan fingerprint density at radius 3 is 2.63 bits per heavy atom. The van der Waals surface area contributed by atoms with E-state index in [1.165, 1.54) is 16.7 Å². The van der Waals surface area contributed by atoms with Gasteiger partial charge < -0.3 is 10.2 Å². The lowest BCUT2D eigenvalue weighted by Crippen LogP contribution is -2.36. The first kappa shape index (κ1) is 17.2. The smallest absolute Gasteiger partial charge is 0.272 e. The van der Waals surface area contributed by atoms with Gasteiger partial charge in [-0.1, -0.05) is 54.6 Å². The molecule has 5 nitrogen and oxygen atoms in total. The second-order valence-corrected chi connectivity index (χ2v) is 6.67. The highest BCUT2D eigenvalue weighted by atomic mass is 16.2. The summed E-state index contributed by atoms with van der Waals surface area (Å²) >= 11 is 0. The van der Waals surface area contributed by atoms with Gasteiger partial charge in [0.15, 0.2) is 0 Å². The van der Waals surface area contributed by atoms with Crippen LogP contribution in [0.3, 0.4) is 0 Å². The van der Waals surface area contributed by atoms with Crippen LogP contribution < -0.4 is 5.32 Å². The summed E-state index contributed by atoms with van der Waals surface area (Å²) in [5, 5.41) is 3.21. The van der Waals surface area contributed by atoms with Crippen LogP contribution in [-0.4, -0.2) is 33.9 Å². The first-order chi connectivity index (χ1) is 13.3. The van der Waals surface area contributed by atoms with Gasteiger partial charge >= 0.3 is 0 Å². The Morgan fingerprint density at radius 2 is 1.78 bits per heavy atom. The fourth-order valence-electron chi connectivity index (χ4n) is 3.36. The molecule has 136 valence electrons. The molecule has 2 heterocycles. The summed E-state index contributed by atoms with van der Waals surface area (Å²) in [6.45, 7) is 2.07. The maximum Gasteiger partial charge on any atom is 0.272 e. The maximum absolute atomic E-state index is 12.9. The molecule has 3 aromatic rings. The summed E-state index contributed by atoms with van der Waals surface area (Å²) in [6.07, 6.45) is 3.41. The van der Waals surface area contributed by atoms with Crippen LogP contribution in [0.25, 0.3) is 0 Å². The average molecular weight is 358 g/mol. The van der Waals surface area contributed by atoms with E-state index < -0.39 is 0 Å². The van der Waals surface area contributed by atoms with E-state index in [4.69, 9.17) is 0 Å². The molecule has 5 heteroatoms. The Bertz CT molecular complexity index is 926. The third-order valence-corrected chi connectivity index (χ3v) is 4.83. The normalized spacial score (nSPS) is 13.1. The Kier molecular flexibility index (Phi) is 5.10. The number of carbonyl (C=O) groups excluding carboxylic acids is 1. The molecule has 0 fully saturated rings. The average Bonchev–Trinajstić information content (AvgIpc) is 2.74. The molecule has 1 N–H and O–H groups in total. The lowest BCUT2D eigenvalue weighted by molar-refractivity contribution is 0.0728. The Hall–Kier alpha value is -3.21. The molecule has 1 aliphatic heterocycles. The molecule has 4 rings (SSSR count). The van der Waals surface area contributed by atoms with Crippen LogP contribution in [0.15, 0.2) is 66.9 Å². The summed E-state index contributed by atoms with van der Waals surface area (Å²) in [6, 6.07) is 20.2. The third kappa shape index (κ3) is 4.14. The molecule has 2 aromatic carbocycles. The lowest BCUT2D eigenvalue weighted by Gasteiger charge is -2.28. The molecule has 1 aliphatic rings. The van der Waals surface area contributed by atoms with Gasteiger partial charge in [-0.05, 0) is 35.6 Å². The number of benzene rings is 2. The maximum atomic E-state index is 12.9. The summed E-state index contributed by atoms with van der Waals surface area (Å²) < 4.78 is 0. The van der Waals surface area contributed by atoms with Crippen LogP contribution in [0.5, 0.6) is 0 Å². The van der Waals surface area contributed by atoms with Crippen LogP contribution in [0.1, 0.15) is 27.2 Å². The molecule has 0 spiro atoms. The zero-order valence-corrected chi connectivity index (χ0v) is 15.1. The second-order valence-electron chi connectivity index (χ2n) is 6.67. The highest BCUT2D eigenvalue weighted by Gasteiger charge is 2.22. The fraction of sp³-hybridized carbons (Fsp3) is 0.227. The molecule has 0 bridgehead atoms. The largest absolute Gasteiger partial charge is 0.354 e. The van der Waals surface area contributed by atoms with Crippen LogP contribution in [-0.2, 0) is 19.4 Å². The van der Waals surface area contributed by atoms with Gasteiger partial charge in [0.25, 0.3) is 5.91 Å². The molecule has 0 saturated heterocycles. The van der Waals surface area contributed by atoms with Crippen molar-refractivity contribution in [1.29, 1.82) is 0 Å². The first-order valence-electron chi connectivity index (χ1n) is 9.26. The number of rotatable bonds is 5. The molecule has 0 radical (unpaired) electrons. The molecule has 1 amide bonds. The van der Waals surface area contributed by atoms with Gasteiger partial charge in [-0.25, -0.2) is 9.97 Å². The third-order valence-electron chi connectivity index (χ3n) is 4.83. The van der Waals surface area contributed by atoms with E-state index in [1.54, 1.807) is 12.3 Å². The standard InChI is InChI=1S/C22H22N4O/c27-21(26-15-12-18-8-4-5-9-19(18)16-26)20-11-14-24-22(25-20)23-13-10-17-6-2-1-3-7-17/h1-9,11,14H,10,12-13,15-16H2,(H,23,24,25). The fourth-order valence-corrected chi connectivity index (χ4v) is 3.36. The van der Waals surface area contributed by atoms with Crippen molar-refractivity contribution in [2.24, 2.45) is 0 Å². The molecular formula is C22H22N4O. The highest BCUT2D eigenvalue weighted by molar-refractivity contribution is 5.92. The number of hydrogen-bond acceptors (Lipinski definition) is 4. The zero-order chi connectivity index (χ0) is 18.5. The number of nitrogens with one attached hydrogen (secondary N) is 1. The van der Waals surface area contributed by atoms with E-state index in [0.717, 1.165) is 25.9 Å². The van der Waals surface area contributed by atoms with E-state index in [2.05, 4.69) is 39.6 Å². The zero-order valence-electron chi connectivity index (χ0n) is 15.1.